The highest BCUT2D eigenvalue weighted by atomic mass is 32.2. The standard InChI is InChI=1S/C16H14N2O2S2/c1-2-22(19,20)16-15(17-18-21-16)14-10-8-13(9-11-14)12-6-4-3-5-7-12/h3-11H,2H2,1H3. The van der Waals surface area contributed by atoms with Crippen LogP contribution in [0.25, 0.3) is 22.4 Å². The average Bonchev–Trinajstić information content (AvgIpc) is 3.06. The van der Waals surface area contributed by atoms with Gasteiger partial charge in [-0.25, -0.2) is 8.42 Å². The van der Waals surface area contributed by atoms with Crippen LogP contribution in [0.5, 0.6) is 0 Å². The Bertz CT molecular complexity index is 870. The maximum atomic E-state index is 12.1. The highest BCUT2D eigenvalue weighted by molar-refractivity contribution is 7.93. The van der Waals surface area contributed by atoms with Crippen LogP contribution in [0.4, 0.5) is 0 Å². The van der Waals surface area contributed by atoms with Crippen LogP contribution in [0.3, 0.4) is 0 Å². The summed E-state index contributed by atoms with van der Waals surface area (Å²) in [7, 11) is -3.30. The van der Waals surface area contributed by atoms with E-state index in [1.807, 2.05) is 54.6 Å². The first kappa shape index (κ1) is 14.9. The van der Waals surface area contributed by atoms with Crippen LogP contribution >= 0.6 is 11.5 Å². The molecule has 0 aliphatic heterocycles. The third-order valence-corrected chi connectivity index (χ3v) is 6.41. The third kappa shape index (κ3) is 2.80. The van der Waals surface area contributed by atoms with E-state index < -0.39 is 9.84 Å². The van der Waals surface area contributed by atoms with Gasteiger partial charge in [-0.3, -0.25) is 0 Å². The van der Waals surface area contributed by atoms with Crippen molar-refractivity contribution in [1.82, 2.24) is 9.59 Å². The minimum absolute atomic E-state index is 0.0476. The van der Waals surface area contributed by atoms with Gasteiger partial charge in [0.2, 0.25) is 0 Å². The van der Waals surface area contributed by atoms with E-state index in [4.69, 9.17) is 0 Å². The fraction of sp³-hybridized carbons (Fsp3) is 0.125. The Balaban J connectivity index is 2.00. The highest BCUT2D eigenvalue weighted by Crippen LogP contribution is 2.30. The summed E-state index contributed by atoms with van der Waals surface area (Å²) < 4.78 is 28.2. The molecule has 2 aromatic carbocycles. The molecule has 6 heteroatoms. The van der Waals surface area contributed by atoms with E-state index in [2.05, 4.69) is 9.59 Å². The van der Waals surface area contributed by atoms with Crippen molar-refractivity contribution < 1.29 is 8.42 Å². The van der Waals surface area contributed by atoms with Gasteiger partial charge < -0.3 is 0 Å². The minimum atomic E-state index is -3.30. The Morgan fingerprint density at radius 3 is 2.14 bits per heavy atom. The van der Waals surface area contributed by atoms with Crippen LogP contribution in [-0.4, -0.2) is 23.8 Å². The van der Waals surface area contributed by atoms with Crippen molar-refractivity contribution in [3.8, 4) is 22.4 Å². The second-order valence-corrected chi connectivity index (χ2v) is 7.98. The van der Waals surface area contributed by atoms with Gasteiger partial charge in [0.15, 0.2) is 14.0 Å². The molecule has 0 aliphatic carbocycles. The molecule has 4 nitrogen and oxygen atoms in total. The number of rotatable bonds is 4. The van der Waals surface area contributed by atoms with Crippen molar-refractivity contribution in [3.05, 3.63) is 54.6 Å². The zero-order chi connectivity index (χ0) is 15.6. The molecule has 0 amide bonds. The normalized spacial score (nSPS) is 11.5. The van der Waals surface area contributed by atoms with E-state index in [1.54, 1.807) is 6.92 Å². The minimum Gasteiger partial charge on any atom is -0.223 e. The number of hydrogen-bond acceptors (Lipinski definition) is 5. The van der Waals surface area contributed by atoms with Gasteiger partial charge in [0, 0.05) is 17.1 Å². The van der Waals surface area contributed by atoms with Gasteiger partial charge in [0.05, 0.1) is 5.75 Å². The van der Waals surface area contributed by atoms with Crippen molar-refractivity contribution in [1.29, 1.82) is 0 Å². The summed E-state index contributed by atoms with van der Waals surface area (Å²) in [5, 5.41) is 3.99. The van der Waals surface area contributed by atoms with Gasteiger partial charge in [-0.1, -0.05) is 66.0 Å². The van der Waals surface area contributed by atoms with Gasteiger partial charge in [-0.05, 0) is 11.1 Å². The highest BCUT2D eigenvalue weighted by Gasteiger charge is 2.22. The Morgan fingerprint density at radius 2 is 1.50 bits per heavy atom. The quantitative estimate of drug-likeness (QED) is 0.732. The lowest BCUT2D eigenvalue weighted by Crippen LogP contribution is -2.03. The number of benzene rings is 2. The molecule has 1 heterocycles. The number of nitrogens with zero attached hydrogens (tertiary/aromatic N) is 2. The predicted octanol–water partition coefficient (Wildman–Crippen LogP) is 3.67. The van der Waals surface area contributed by atoms with Crippen molar-refractivity contribution in [2.45, 2.75) is 11.1 Å². The maximum absolute atomic E-state index is 12.1. The molecule has 0 aliphatic rings. The predicted molar refractivity (Wildman–Crippen MR) is 88.5 cm³/mol. The lowest BCUT2D eigenvalue weighted by atomic mass is 10.0. The average molecular weight is 330 g/mol. The van der Waals surface area contributed by atoms with Crippen molar-refractivity contribution in [3.63, 3.8) is 0 Å². The molecule has 0 saturated carbocycles. The summed E-state index contributed by atoms with van der Waals surface area (Å²) in [5.41, 5.74) is 3.39. The molecule has 22 heavy (non-hydrogen) atoms. The fourth-order valence-electron chi connectivity index (χ4n) is 2.14. The van der Waals surface area contributed by atoms with Gasteiger partial charge in [-0.2, -0.15) is 0 Å². The smallest absolute Gasteiger partial charge is 0.191 e. The fourth-order valence-corrected chi connectivity index (χ4v) is 4.21. The van der Waals surface area contributed by atoms with E-state index in [-0.39, 0.29) is 9.96 Å². The first-order valence-electron chi connectivity index (χ1n) is 6.83. The molecule has 0 spiro atoms. The molecular weight excluding hydrogens is 316 g/mol. The SMILES string of the molecule is CCS(=O)(=O)c1snnc1-c1ccc(-c2ccccc2)cc1. The first-order chi connectivity index (χ1) is 10.6. The number of aromatic nitrogens is 2. The summed E-state index contributed by atoms with van der Waals surface area (Å²) in [6.45, 7) is 1.62. The number of hydrogen-bond donors (Lipinski definition) is 0. The maximum Gasteiger partial charge on any atom is 0.191 e. The van der Waals surface area contributed by atoms with Crippen LogP contribution in [0.15, 0.2) is 58.8 Å². The van der Waals surface area contributed by atoms with Crippen LogP contribution in [0, 0.1) is 0 Å². The zero-order valence-corrected chi connectivity index (χ0v) is 13.6. The molecular formula is C16H14N2O2S2. The third-order valence-electron chi connectivity index (χ3n) is 3.39. The molecule has 0 atom stereocenters. The summed E-state index contributed by atoms with van der Waals surface area (Å²) in [4.78, 5) is 0. The summed E-state index contributed by atoms with van der Waals surface area (Å²) >= 11 is 0.927. The molecule has 1 aromatic heterocycles. The monoisotopic (exact) mass is 330 g/mol. The molecule has 0 unspecified atom stereocenters. The molecule has 0 saturated heterocycles. The van der Waals surface area contributed by atoms with E-state index in [0.29, 0.717) is 5.69 Å². The molecule has 112 valence electrons. The number of sulfone groups is 1. The van der Waals surface area contributed by atoms with Crippen molar-refractivity contribution in [2.75, 3.05) is 5.75 Å². The Hall–Kier alpha value is -2.05. The van der Waals surface area contributed by atoms with E-state index in [1.165, 1.54) is 0 Å². The lowest BCUT2D eigenvalue weighted by Gasteiger charge is -2.04. The molecule has 0 N–H and O–H groups in total. The van der Waals surface area contributed by atoms with Crippen LogP contribution < -0.4 is 0 Å². The summed E-state index contributed by atoms with van der Waals surface area (Å²) in [6.07, 6.45) is 0. The van der Waals surface area contributed by atoms with E-state index >= 15 is 0 Å². The van der Waals surface area contributed by atoms with Gasteiger partial charge >= 0.3 is 0 Å². The van der Waals surface area contributed by atoms with Crippen molar-refractivity contribution >= 4 is 21.4 Å². The largest absolute Gasteiger partial charge is 0.223 e. The van der Waals surface area contributed by atoms with Crippen LogP contribution in [0.1, 0.15) is 6.92 Å². The molecule has 0 radical (unpaired) electrons. The molecule has 0 fully saturated rings. The van der Waals surface area contributed by atoms with Gasteiger partial charge in [0.1, 0.15) is 5.69 Å². The van der Waals surface area contributed by atoms with Gasteiger partial charge in [-0.15, -0.1) is 5.10 Å². The van der Waals surface area contributed by atoms with Crippen molar-refractivity contribution in [2.24, 2.45) is 0 Å². The van der Waals surface area contributed by atoms with E-state index in [0.717, 1.165) is 28.2 Å². The Kier molecular flexibility index (Phi) is 4.04. The molecule has 0 bridgehead atoms. The molecule has 3 rings (SSSR count). The second kappa shape index (κ2) is 5.98. The Morgan fingerprint density at radius 1 is 0.909 bits per heavy atom. The summed E-state index contributed by atoms with van der Waals surface area (Å²) in [5.74, 6) is 0.0476. The second-order valence-electron chi connectivity index (χ2n) is 4.76. The Labute approximate surface area is 133 Å². The van der Waals surface area contributed by atoms with Gasteiger partial charge in [0.25, 0.3) is 0 Å². The lowest BCUT2D eigenvalue weighted by molar-refractivity contribution is 0.599. The molecule has 3 aromatic rings. The summed E-state index contributed by atoms with van der Waals surface area (Å²) in [6, 6.07) is 17.7. The van der Waals surface area contributed by atoms with Crippen LogP contribution in [0.2, 0.25) is 0 Å². The first-order valence-corrected chi connectivity index (χ1v) is 9.25. The zero-order valence-electron chi connectivity index (χ0n) is 11.9. The topological polar surface area (TPSA) is 59.9 Å². The van der Waals surface area contributed by atoms with E-state index in [9.17, 15) is 8.42 Å². The van der Waals surface area contributed by atoms with Crippen LogP contribution in [-0.2, 0) is 9.84 Å².